The highest BCUT2D eigenvalue weighted by atomic mass is 35.5. The number of nitrogens with zero attached hydrogens (tertiary/aromatic N) is 3. The number of halogens is 1. The van der Waals surface area contributed by atoms with Crippen molar-refractivity contribution in [3.05, 3.63) is 65.0 Å². The van der Waals surface area contributed by atoms with Crippen molar-refractivity contribution in [2.45, 2.75) is 33.2 Å². The summed E-state index contributed by atoms with van der Waals surface area (Å²) in [5, 5.41) is 11.8. The summed E-state index contributed by atoms with van der Waals surface area (Å²) in [6.45, 7) is 10.6. The Labute approximate surface area is 157 Å². The molecule has 0 aliphatic rings. The van der Waals surface area contributed by atoms with Crippen molar-refractivity contribution in [2.75, 3.05) is 5.32 Å². The zero-order valence-electron chi connectivity index (χ0n) is 15.1. The van der Waals surface area contributed by atoms with Crippen molar-refractivity contribution in [2.24, 2.45) is 0 Å². The molecular weight excluding hydrogens is 348 g/mol. The molecule has 0 saturated heterocycles. The average molecular weight is 369 g/mol. The summed E-state index contributed by atoms with van der Waals surface area (Å²) < 4.78 is 1.97. The van der Waals surface area contributed by atoms with Crippen molar-refractivity contribution in [3.8, 4) is 0 Å². The van der Waals surface area contributed by atoms with Crippen LogP contribution in [0.2, 0.25) is 5.15 Å². The van der Waals surface area contributed by atoms with Gasteiger partial charge >= 0.3 is 0 Å². The second-order valence-electron chi connectivity index (χ2n) is 6.50. The van der Waals surface area contributed by atoms with Crippen LogP contribution in [0.4, 0.5) is 5.82 Å². The number of hydrogen-bond donors (Lipinski definition) is 1. The van der Waals surface area contributed by atoms with Gasteiger partial charge in [-0.3, -0.25) is 4.79 Å². The van der Waals surface area contributed by atoms with Gasteiger partial charge in [-0.2, -0.15) is 0 Å². The Bertz CT molecular complexity index is 974. The second-order valence-corrected chi connectivity index (χ2v) is 6.89. The molecule has 0 aliphatic heterocycles. The third-order valence-corrected chi connectivity index (χ3v) is 4.61. The predicted octanol–water partition coefficient (Wildman–Crippen LogP) is 4.95. The molecule has 2 aromatic heterocycles. The lowest BCUT2D eigenvalue weighted by Crippen LogP contribution is -2.18. The van der Waals surface area contributed by atoms with Gasteiger partial charge in [0.2, 0.25) is 0 Å². The van der Waals surface area contributed by atoms with Crippen LogP contribution in [-0.4, -0.2) is 20.7 Å². The largest absolute Gasteiger partial charge is 0.332 e. The van der Waals surface area contributed by atoms with E-state index >= 15 is 0 Å². The number of carbonyl (C=O) groups excluding carboxylic acids is 1. The molecule has 6 heteroatoms. The lowest BCUT2D eigenvalue weighted by atomic mass is 10.0. The third kappa shape index (κ3) is 3.35. The molecule has 1 N–H and O–H groups in total. The van der Waals surface area contributed by atoms with Crippen LogP contribution >= 0.6 is 11.6 Å². The van der Waals surface area contributed by atoms with Crippen molar-refractivity contribution in [1.82, 2.24) is 14.8 Å². The Balaban J connectivity index is 2.09. The van der Waals surface area contributed by atoms with Gasteiger partial charge in [-0.15, -0.1) is 16.8 Å². The van der Waals surface area contributed by atoms with Crippen molar-refractivity contribution in [3.63, 3.8) is 0 Å². The average Bonchev–Trinajstić information content (AvgIpc) is 2.89. The molecule has 0 spiro atoms. The Kier molecular flexibility index (Phi) is 5.09. The molecule has 5 nitrogen and oxygen atoms in total. The van der Waals surface area contributed by atoms with Gasteiger partial charge in [0.15, 0.2) is 11.0 Å². The van der Waals surface area contributed by atoms with Gasteiger partial charge in [0.1, 0.15) is 5.69 Å². The quantitative estimate of drug-likeness (QED) is 0.648. The Hall–Kier alpha value is -2.66. The van der Waals surface area contributed by atoms with Gasteiger partial charge < -0.3 is 9.88 Å². The maximum Gasteiger partial charge on any atom is 0.273 e. The number of nitrogens with one attached hydrogen (secondary N) is 1. The zero-order chi connectivity index (χ0) is 18.8. The van der Waals surface area contributed by atoms with E-state index in [0.29, 0.717) is 24.0 Å². The highest BCUT2D eigenvalue weighted by molar-refractivity contribution is 6.29. The van der Waals surface area contributed by atoms with Crippen LogP contribution in [-0.2, 0) is 6.54 Å². The summed E-state index contributed by atoms with van der Waals surface area (Å²) >= 11 is 5.75. The van der Waals surface area contributed by atoms with Crippen molar-refractivity contribution in [1.29, 1.82) is 0 Å². The lowest BCUT2D eigenvalue weighted by molar-refractivity contribution is 0.101. The molecule has 3 aromatic rings. The summed E-state index contributed by atoms with van der Waals surface area (Å²) in [6, 6.07) is 9.55. The highest BCUT2D eigenvalue weighted by Crippen LogP contribution is 2.29. The smallest absolute Gasteiger partial charge is 0.273 e. The molecule has 1 amide bonds. The van der Waals surface area contributed by atoms with E-state index in [2.05, 4.69) is 54.1 Å². The van der Waals surface area contributed by atoms with Gasteiger partial charge in [-0.05, 0) is 48.2 Å². The van der Waals surface area contributed by atoms with E-state index in [1.807, 2.05) is 11.5 Å². The first kappa shape index (κ1) is 18.1. The SMILES string of the molecule is C=CCn1c(C(=O)Nc2ccc(Cl)nn2)c(C)c2cc(C(C)C)ccc21. The number of hydrogen-bond acceptors (Lipinski definition) is 3. The number of aromatic nitrogens is 3. The lowest BCUT2D eigenvalue weighted by Gasteiger charge is -2.10. The Morgan fingerprint density at radius 1 is 1.31 bits per heavy atom. The normalized spacial score (nSPS) is 11.1. The maximum atomic E-state index is 12.9. The van der Waals surface area contributed by atoms with E-state index in [-0.39, 0.29) is 11.1 Å². The first-order valence-electron chi connectivity index (χ1n) is 8.46. The number of rotatable bonds is 5. The monoisotopic (exact) mass is 368 g/mol. The summed E-state index contributed by atoms with van der Waals surface area (Å²) in [5.41, 5.74) is 3.78. The number of carbonyl (C=O) groups is 1. The van der Waals surface area contributed by atoms with E-state index in [0.717, 1.165) is 16.5 Å². The molecule has 0 atom stereocenters. The minimum absolute atomic E-state index is 0.233. The van der Waals surface area contributed by atoms with Crippen LogP contribution in [0.25, 0.3) is 10.9 Å². The number of amides is 1. The fourth-order valence-corrected chi connectivity index (χ4v) is 3.17. The van der Waals surface area contributed by atoms with Crippen molar-refractivity contribution < 1.29 is 4.79 Å². The van der Waals surface area contributed by atoms with Crippen LogP contribution in [0.5, 0.6) is 0 Å². The standard InChI is InChI=1S/C20H21ClN4O/c1-5-10-25-16-7-6-14(12(2)3)11-15(16)13(4)19(25)20(26)22-18-9-8-17(21)23-24-18/h5-9,11-12H,1,10H2,2-4H3,(H,22,24,26). The fraction of sp³-hybridized carbons (Fsp3) is 0.250. The number of benzene rings is 1. The van der Waals surface area contributed by atoms with Gasteiger partial charge in [0.05, 0.1) is 0 Å². The van der Waals surface area contributed by atoms with E-state index in [4.69, 9.17) is 11.6 Å². The number of allylic oxidation sites excluding steroid dienone is 1. The Morgan fingerprint density at radius 2 is 2.08 bits per heavy atom. The third-order valence-electron chi connectivity index (χ3n) is 4.41. The zero-order valence-corrected chi connectivity index (χ0v) is 15.8. The van der Waals surface area contributed by atoms with Crippen LogP contribution in [0.1, 0.15) is 41.4 Å². The second kappa shape index (κ2) is 7.30. The molecule has 0 saturated carbocycles. The molecular formula is C20H21ClN4O. The molecule has 2 heterocycles. The van der Waals surface area contributed by atoms with E-state index in [1.54, 1.807) is 18.2 Å². The molecule has 0 unspecified atom stereocenters. The molecule has 1 aromatic carbocycles. The number of anilines is 1. The van der Waals surface area contributed by atoms with E-state index < -0.39 is 0 Å². The molecule has 0 fully saturated rings. The van der Waals surface area contributed by atoms with Crippen LogP contribution in [0, 0.1) is 6.92 Å². The van der Waals surface area contributed by atoms with Gasteiger partial charge in [0.25, 0.3) is 5.91 Å². The first-order chi connectivity index (χ1) is 12.4. The molecule has 3 rings (SSSR count). The summed E-state index contributed by atoms with van der Waals surface area (Å²) in [6.07, 6.45) is 1.79. The molecule has 134 valence electrons. The fourth-order valence-electron chi connectivity index (χ4n) is 3.07. The van der Waals surface area contributed by atoms with Crippen LogP contribution < -0.4 is 5.32 Å². The summed E-state index contributed by atoms with van der Waals surface area (Å²) in [7, 11) is 0. The minimum Gasteiger partial charge on any atom is -0.332 e. The van der Waals surface area contributed by atoms with E-state index in [9.17, 15) is 4.79 Å². The summed E-state index contributed by atoms with van der Waals surface area (Å²) in [4.78, 5) is 12.9. The van der Waals surface area contributed by atoms with Gasteiger partial charge in [-0.1, -0.05) is 37.6 Å². The molecule has 0 bridgehead atoms. The van der Waals surface area contributed by atoms with Crippen molar-refractivity contribution >= 4 is 34.2 Å². The Morgan fingerprint density at radius 3 is 2.69 bits per heavy atom. The minimum atomic E-state index is -0.233. The first-order valence-corrected chi connectivity index (χ1v) is 8.84. The highest BCUT2D eigenvalue weighted by Gasteiger charge is 2.21. The van der Waals surface area contributed by atoms with Crippen LogP contribution in [0.15, 0.2) is 43.0 Å². The summed E-state index contributed by atoms with van der Waals surface area (Å²) in [5.74, 6) is 0.545. The predicted molar refractivity (Wildman–Crippen MR) is 106 cm³/mol. The topological polar surface area (TPSA) is 59.8 Å². The number of fused-ring (bicyclic) bond motifs is 1. The van der Waals surface area contributed by atoms with Gasteiger partial charge in [0, 0.05) is 17.4 Å². The van der Waals surface area contributed by atoms with E-state index in [1.165, 1.54) is 5.56 Å². The van der Waals surface area contributed by atoms with Crippen LogP contribution in [0.3, 0.4) is 0 Å². The molecule has 26 heavy (non-hydrogen) atoms. The molecule has 0 aliphatic carbocycles. The number of aryl methyl sites for hydroxylation is 1. The van der Waals surface area contributed by atoms with Gasteiger partial charge in [-0.25, -0.2) is 0 Å². The maximum absolute atomic E-state index is 12.9. The molecule has 0 radical (unpaired) electrons.